The molecule has 0 aliphatic heterocycles. The summed E-state index contributed by atoms with van der Waals surface area (Å²) in [5.74, 6) is -3.10. The predicted molar refractivity (Wildman–Crippen MR) is 61.6 cm³/mol. The number of halogens is 2. The van der Waals surface area contributed by atoms with Gasteiger partial charge in [0.1, 0.15) is 11.6 Å². The van der Waals surface area contributed by atoms with Crippen molar-refractivity contribution < 1.29 is 28.6 Å². The Balaban J connectivity index is 2.41. The number of aliphatic hydroxyl groups excluding tert-OH is 1. The molecule has 0 saturated carbocycles. The van der Waals surface area contributed by atoms with Crippen LogP contribution in [0.2, 0.25) is 0 Å². The number of hydrogen-bond acceptors (Lipinski definition) is 3. The van der Waals surface area contributed by atoms with Gasteiger partial charge >= 0.3 is 12.0 Å². The van der Waals surface area contributed by atoms with E-state index in [0.717, 1.165) is 12.1 Å². The van der Waals surface area contributed by atoms with E-state index in [4.69, 9.17) is 10.2 Å². The lowest BCUT2D eigenvalue weighted by atomic mass is 10.2. The smallest absolute Gasteiger partial charge is 0.332 e. The van der Waals surface area contributed by atoms with Gasteiger partial charge in [-0.05, 0) is 12.1 Å². The highest BCUT2D eigenvalue weighted by atomic mass is 19.1. The Morgan fingerprint density at radius 2 is 2.00 bits per heavy atom. The minimum absolute atomic E-state index is 0.109. The number of amides is 2. The molecule has 104 valence electrons. The number of aliphatic hydroxyl groups is 1. The minimum Gasteiger partial charge on any atom is -0.479 e. The molecule has 0 bridgehead atoms. The first-order valence-electron chi connectivity index (χ1n) is 5.31. The van der Waals surface area contributed by atoms with Crippen molar-refractivity contribution in [1.82, 2.24) is 5.32 Å². The van der Waals surface area contributed by atoms with Crippen molar-refractivity contribution in [3.8, 4) is 0 Å². The van der Waals surface area contributed by atoms with Crippen molar-refractivity contribution in [2.75, 3.05) is 11.9 Å². The van der Waals surface area contributed by atoms with Crippen LogP contribution in [-0.2, 0) is 4.79 Å². The third kappa shape index (κ3) is 4.88. The number of carbonyl (C=O) groups is 2. The van der Waals surface area contributed by atoms with Crippen LogP contribution in [0.5, 0.6) is 0 Å². The van der Waals surface area contributed by atoms with Gasteiger partial charge < -0.3 is 20.8 Å². The predicted octanol–water partition coefficient (Wildman–Crippen LogP) is 0.922. The summed E-state index contributed by atoms with van der Waals surface area (Å²) in [4.78, 5) is 21.6. The summed E-state index contributed by atoms with van der Waals surface area (Å²) in [6.07, 6.45) is -1.77. The topological polar surface area (TPSA) is 98.7 Å². The van der Waals surface area contributed by atoms with Crippen LogP contribution >= 0.6 is 0 Å². The number of carboxylic acid groups (broad SMARTS) is 1. The molecule has 4 N–H and O–H groups in total. The molecule has 1 aromatic rings. The molecule has 1 atom stereocenters. The first-order valence-corrected chi connectivity index (χ1v) is 5.31. The van der Waals surface area contributed by atoms with E-state index >= 15 is 0 Å². The lowest BCUT2D eigenvalue weighted by Gasteiger charge is -2.09. The standard InChI is InChI=1S/C11H12F2N2O4/c12-6-1-2-8(7(13)5-6)15-11(19)14-4-3-9(16)10(17)18/h1-2,5,9,16H,3-4H2,(H,17,18)(H2,14,15,19)/t9-/m0/s1. The molecule has 0 radical (unpaired) electrons. The molecule has 0 aliphatic rings. The number of aliphatic carboxylic acids is 1. The third-order valence-corrected chi connectivity index (χ3v) is 2.17. The molecule has 0 spiro atoms. The number of anilines is 1. The fourth-order valence-corrected chi connectivity index (χ4v) is 1.20. The molecule has 6 nitrogen and oxygen atoms in total. The van der Waals surface area contributed by atoms with Crippen molar-refractivity contribution in [2.24, 2.45) is 0 Å². The summed E-state index contributed by atoms with van der Waals surface area (Å²) in [6.45, 7) is -0.109. The Kier molecular flexibility index (Phi) is 5.19. The van der Waals surface area contributed by atoms with Crippen LogP contribution in [0, 0.1) is 11.6 Å². The zero-order valence-electron chi connectivity index (χ0n) is 9.69. The molecule has 0 aliphatic carbocycles. The molecule has 2 amide bonds. The Morgan fingerprint density at radius 1 is 1.32 bits per heavy atom. The van der Waals surface area contributed by atoms with Gasteiger partial charge in [-0.25, -0.2) is 18.4 Å². The number of urea groups is 1. The molecule has 0 aromatic heterocycles. The summed E-state index contributed by atoms with van der Waals surface area (Å²) in [5.41, 5.74) is -0.210. The van der Waals surface area contributed by atoms with Crippen LogP contribution in [0.25, 0.3) is 0 Å². The van der Waals surface area contributed by atoms with Gasteiger partial charge in [0, 0.05) is 19.0 Å². The first kappa shape index (κ1) is 14.8. The second-order valence-electron chi connectivity index (χ2n) is 3.65. The van der Waals surface area contributed by atoms with E-state index in [2.05, 4.69) is 10.6 Å². The van der Waals surface area contributed by atoms with Gasteiger partial charge in [0.2, 0.25) is 0 Å². The van der Waals surface area contributed by atoms with E-state index in [1.807, 2.05) is 0 Å². The molecular formula is C11H12F2N2O4. The van der Waals surface area contributed by atoms with Crippen LogP contribution in [-0.4, -0.2) is 34.9 Å². The van der Waals surface area contributed by atoms with E-state index in [1.165, 1.54) is 0 Å². The van der Waals surface area contributed by atoms with Crippen LogP contribution in [0.4, 0.5) is 19.3 Å². The molecule has 1 aromatic carbocycles. The van der Waals surface area contributed by atoms with Crippen molar-refractivity contribution in [2.45, 2.75) is 12.5 Å². The Morgan fingerprint density at radius 3 is 2.58 bits per heavy atom. The number of nitrogens with one attached hydrogen (secondary N) is 2. The highest BCUT2D eigenvalue weighted by molar-refractivity contribution is 5.89. The number of carboxylic acids is 1. The first-order chi connectivity index (χ1) is 8.90. The number of benzene rings is 1. The quantitative estimate of drug-likeness (QED) is 0.641. The number of hydrogen-bond donors (Lipinski definition) is 4. The fourth-order valence-electron chi connectivity index (χ4n) is 1.20. The SMILES string of the molecule is O=C(NCC[C@H](O)C(=O)O)Nc1ccc(F)cc1F. The summed E-state index contributed by atoms with van der Waals surface area (Å²) >= 11 is 0. The van der Waals surface area contributed by atoms with Crippen LogP contribution < -0.4 is 10.6 Å². The molecule has 0 heterocycles. The molecule has 1 rings (SSSR count). The lowest BCUT2D eigenvalue weighted by Crippen LogP contribution is -2.33. The maximum absolute atomic E-state index is 13.2. The normalized spacial score (nSPS) is 11.7. The molecule has 0 saturated heterocycles. The van der Waals surface area contributed by atoms with E-state index in [1.54, 1.807) is 0 Å². The molecule has 8 heteroatoms. The minimum atomic E-state index is -1.58. The third-order valence-electron chi connectivity index (χ3n) is 2.17. The zero-order chi connectivity index (χ0) is 14.4. The van der Waals surface area contributed by atoms with E-state index in [-0.39, 0.29) is 18.7 Å². The number of carbonyl (C=O) groups excluding carboxylic acids is 1. The highest BCUT2D eigenvalue weighted by Crippen LogP contribution is 2.14. The van der Waals surface area contributed by atoms with Crippen LogP contribution in [0.15, 0.2) is 18.2 Å². The summed E-state index contributed by atoms with van der Waals surface area (Å²) in [5, 5.41) is 21.7. The van der Waals surface area contributed by atoms with Gasteiger partial charge in [0.15, 0.2) is 6.10 Å². The summed E-state index contributed by atoms with van der Waals surface area (Å²) < 4.78 is 25.8. The van der Waals surface area contributed by atoms with Gasteiger partial charge in [0.25, 0.3) is 0 Å². The van der Waals surface area contributed by atoms with Crippen molar-refractivity contribution >= 4 is 17.7 Å². The fraction of sp³-hybridized carbons (Fsp3) is 0.273. The van der Waals surface area contributed by atoms with Gasteiger partial charge in [-0.1, -0.05) is 0 Å². The zero-order valence-corrected chi connectivity index (χ0v) is 9.69. The average Bonchev–Trinajstić information content (AvgIpc) is 2.32. The van der Waals surface area contributed by atoms with Crippen molar-refractivity contribution in [1.29, 1.82) is 0 Å². The second kappa shape index (κ2) is 6.64. The highest BCUT2D eigenvalue weighted by Gasteiger charge is 2.13. The largest absolute Gasteiger partial charge is 0.479 e. The Labute approximate surface area is 107 Å². The monoisotopic (exact) mass is 274 g/mol. The molecule has 0 fully saturated rings. The van der Waals surface area contributed by atoms with E-state index < -0.39 is 29.7 Å². The number of rotatable bonds is 5. The second-order valence-corrected chi connectivity index (χ2v) is 3.65. The van der Waals surface area contributed by atoms with E-state index in [0.29, 0.717) is 6.07 Å². The van der Waals surface area contributed by atoms with Gasteiger partial charge in [-0.2, -0.15) is 0 Å². The van der Waals surface area contributed by atoms with E-state index in [9.17, 15) is 18.4 Å². The maximum atomic E-state index is 13.2. The molecule has 0 unspecified atom stereocenters. The summed E-state index contributed by atoms with van der Waals surface area (Å²) in [6, 6.07) is 1.86. The Hall–Kier alpha value is -2.22. The molecular weight excluding hydrogens is 262 g/mol. The van der Waals surface area contributed by atoms with Crippen LogP contribution in [0.1, 0.15) is 6.42 Å². The maximum Gasteiger partial charge on any atom is 0.332 e. The average molecular weight is 274 g/mol. The van der Waals surface area contributed by atoms with Crippen molar-refractivity contribution in [3.63, 3.8) is 0 Å². The van der Waals surface area contributed by atoms with Gasteiger partial charge in [0.05, 0.1) is 5.69 Å². The van der Waals surface area contributed by atoms with Crippen LogP contribution in [0.3, 0.4) is 0 Å². The molecule has 19 heavy (non-hydrogen) atoms. The van der Waals surface area contributed by atoms with Gasteiger partial charge in [-0.15, -0.1) is 0 Å². The lowest BCUT2D eigenvalue weighted by molar-refractivity contribution is -0.146. The Bertz CT molecular complexity index is 482. The van der Waals surface area contributed by atoms with Gasteiger partial charge in [-0.3, -0.25) is 0 Å². The van der Waals surface area contributed by atoms with Crippen molar-refractivity contribution in [3.05, 3.63) is 29.8 Å². The summed E-state index contributed by atoms with van der Waals surface area (Å²) in [7, 11) is 0.